The van der Waals surface area contributed by atoms with Gasteiger partial charge in [0.15, 0.2) is 0 Å². The second-order valence-corrected chi connectivity index (χ2v) is 5.42. The van der Waals surface area contributed by atoms with E-state index < -0.39 is 0 Å². The number of thioether (sulfide) groups is 1. The molecule has 3 N–H and O–H groups in total. The Kier molecular flexibility index (Phi) is 5.47. The zero-order valence-electron chi connectivity index (χ0n) is 9.66. The van der Waals surface area contributed by atoms with Gasteiger partial charge in [0.2, 0.25) is 5.91 Å². The summed E-state index contributed by atoms with van der Waals surface area (Å²) in [5, 5.41) is 3.01. The van der Waals surface area contributed by atoms with Gasteiger partial charge in [-0.1, -0.05) is 13.3 Å². The lowest BCUT2D eigenvalue weighted by atomic mass is 10.0. The van der Waals surface area contributed by atoms with E-state index in [-0.39, 0.29) is 17.9 Å². The molecule has 3 nitrogen and oxygen atoms in total. The Bertz CT molecular complexity index is 211. The van der Waals surface area contributed by atoms with Crippen LogP contribution in [0.4, 0.5) is 0 Å². The Morgan fingerprint density at radius 1 is 1.60 bits per heavy atom. The van der Waals surface area contributed by atoms with Gasteiger partial charge < -0.3 is 11.1 Å². The SMILES string of the molecule is CSCC(C)CNC(=O)C1CCCC1N. The Morgan fingerprint density at radius 2 is 2.33 bits per heavy atom. The van der Waals surface area contributed by atoms with Crippen LogP contribution in [0.3, 0.4) is 0 Å². The lowest BCUT2D eigenvalue weighted by Crippen LogP contribution is -2.40. The molecular formula is C11H22N2OS. The zero-order valence-corrected chi connectivity index (χ0v) is 10.5. The Morgan fingerprint density at radius 3 is 2.87 bits per heavy atom. The molecule has 0 radical (unpaired) electrons. The molecule has 0 aliphatic heterocycles. The van der Waals surface area contributed by atoms with Crippen molar-refractivity contribution in [1.82, 2.24) is 5.32 Å². The highest BCUT2D eigenvalue weighted by Gasteiger charge is 2.29. The van der Waals surface area contributed by atoms with Gasteiger partial charge in [-0.3, -0.25) is 4.79 Å². The Balaban J connectivity index is 2.23. The average Bonchev–Trinajstić information content (AvgIpc) is 2.61. The molecule has 0 saturated heterocycles. The van der Waals surface area contributed by atoms with Crippen molar-refractivity contribution in [2.24, 2.45) is 17.6 Å². The number of hydrogen-bond donors (Lipinski definition) is 2. The second kappa shape index (κ2) is 6.38. The molecule has 4 heteroatoms. The van der Waals surface area contributed by atoms with E-state index in [1.165, 1.54) is 0 Å². The quantitative estimate of drug-likeness (QED) is 0.747. The number of rotatable bonds is 5. The first-order valence-electron chi connectivity index (χ1n) is 5.67. The van der Waals surface area contributed by atoms with Crippen LogP contribution in [-0.2, 0) is 4.79 Å². The zero-order chi connectivity index (χ0) is 11.3. The summed E-state index contributed by atoms with van der Waals surface area (Å²) >= 11 is 1.82. The molecule has 1 aliphatic carbocycles. The van der Waals surface area contributed by atoms with Crippen molar-refractivity contribution in [2.75, 3.05) is 18.6 Å². The van der Waals surface area contributed by atoms with E-state index in [0.717, 1.165) is 31.6 Å². The summed E-state index contributed by atoms with van der Waals surface area (Å²) in [6, 6.07) is 0.0841. The molecule has 0 aromatic carbocycles. The van der Waals surface area contributed by atoms with Gasteiger partial charge in [-0.05, 0) is 30.8 Å². The van der Waals surface area contributed by atoms with E-state index in [4.69, 9.17) is 5.73 Å². The van der Waals surface area contributed by atoms with Crippen LogP contribution in [0.15, 0.2) is 0 Å². The fourth-order valence-corrected chi connectivity index (χ4v) is 2.75. The van der Waals surface area contributed by atoms with Crippen LogP contribution in [0.25, 0.3) is 0 Å². The third-order valence-electron chi connectivity index (χ3n) is 2.98. The number of hydrogen-bond acceptors (Lipinski definition) is 3. The molecule has 0 aromatic heterocycles. The minimum atomic E-state index is 0.0616. The topological polar surface area (TPSA) is 55.1 Å². The van der Waals surface area contributed by atoms with Gasteiger partial charge in [0.25, 0.3) is 0 Å². The van der Waals surface area contributed by atoms with Crippen molar-refractivity contribution in [3.8, 4) is 0 Å². The molecule has 1 fully saturated rings. The summed E-state index contributed by atoms with van der Waals surface area (Å²) in [4.78, 5) is 11.8. The normalized spacial score (nSPS) is 27.7. The molecule has 1 amide bonds. The van der Waals surface area contributed by atoms with E-state index in [1.54, 1.807) is 0 Å². The average molecular weight is 230 g/mol. The van der Waals surface area contributed by atoms with Crippen LogP contribution in [0.1, 0.15) is 26.2 Å². The molecule has 0 spiro atoms. The predicted octanol–water partition coefficient (Wildman–Crippen LogP) is 1.23. The van der Waals surface area contributed by atoms with E-state index in [0.29, 0.717) is 5.92 Å². The largest absolute Gasteiger partial charge is 0.356 e. The summed E-state index contributed by atoms with van der Waals surface area (Å²) in [6.07, 6.45) is 5.15. The summed E-state index contributed by atoms with van der Waals surface area (Å²) in [5.74, 6) is 1.86. The summed E-state index contributed by atoms with van der Waals surface area (Å²) in [7, 11) is 0. The number of carbonyl (C=O) groups excluding carboxylic acids is 1. The molecule has 1 saturated carbocycles. The van der Waals surface area contributed by atoms with Crippen LogP contribution in [0.2, 0.25) is 0 Å². The first-order chi connectivity index (χ1) is 7.15. The van der Waals surface area contributed by atoms with Crippen molar-refractivity contribution in [2.45, 2.75) is 32.2 Å². The number of nitrogens with two attached hydrogens (primary N) is 1. The highest BCUT2D eigenvalue weighted by molar-refractivity contribution is 7.98. The summed E-state index contributed by atoms with van der Waals surface area (Å²) in [5.41, 5.74) is 5.88. The van der Waals surface area contributed by atoms with Crippen LogP contribution in [-0.4, -0.2) is 30.5 Å². The monoisotopic (exact) mass is 230 g/mol. The highest BCUT2D eigenvalue weighted by Crippen LogP contribution is 2.23. The second-order valence-electron chi connectivity index (χ2n) is 4.51. The molecule has 0 aromatic rings. The first kappa shape index (κ1) is 12.8. The molecule has 0 bridgehead atoms. The Labute approximate surface area is 96.6 Å². The number of nitrogens with one attached hydrogen (secondary N) is 1. The standard InChI is InChI=1S/C11H22N2OS/c1-8(7-15-2)6-13-11(14)9-4-3-5-10(9)12/h8-10H,3-7,12H2,1-2H3,(H,13,14). The molecule has 15 heavy (non-hydrogen) atoms. The van der Waals surface area contributed by atoms with Crippen LogP contribution < -0.4 is 11.1 Å². The van der Waals surface area contributed by atoms with Crippen molar-refractivity contribution in [3.05, 3.63) is 0 Å². The van der Waals surface area contributed by atoms with Crippen molar-refractivity contribution in [1.29, 1.82) is 0 Å². The van der Waals surface area contributed by atoms with E-state index in [2.05, 4.69) is 18.5 Å². The maximum absolute atomic E-state index is 11.8. The highest BCUT2D eigenvalue weighted by atomic mass is 32.2. The molecule has 3 unspecified atom stereocenters. The van der Waals surface area contributed by atoms with Gasteiger partial charge >= 0.3 is 0 Å². The third kappa shape index (κ3) is 4.03. The van der Waals surface area contributed by atoms with Gasteiger partial charge in [0, 0.05) is 12.6 Å². The van der Waals surface area contributed by atoms with Crippen LogP contribution in [0.5, 0.6) is 0 Å². The maximum atomic E-state index is 11.8. The van der Waals surface area contributed by atoms with E-state index in [1.807, 2.05) is 11.8 Å². The smallest absolute Gasteiger partial charge is 0.224 e. The predicted molar refractivity (Wildman–Crippen MR) is 65.9 cm³/mol. The summed E-state index contributed by atoms with van der Waals surface area (Å²) in [6.45, 7) is 2.94. The van der Waals surface area contributed by atoms with Crippen LogP contribution in [0, 0.1) is 11.8 Å². The summed E-state index contributed by atoms with van der Waals surface area (Å²) < 4.78 is 0. The van der Waals surface area contributed by atoms with Gasteiger partial charge in [-0.15, -0.1) is 0 Å². The first-order valence-corrected chi connectivity index (χ1v) is 7.06. The lowest BCUT2D eigenvalue weighted by molar-refractivity contribution is -0.125. The molecular weight excluding hydrogens is 208 g/mol. The number of amides is 1. The van der Waals surface area contributed by atoms with Crippen molar-refractivity contribution in [3.63, 3.8) is 0 Å². The molecule has 1 aliphatic rings. The third-order valence-corrected chi connectivity index (χ3v) is 3.88. The van der Waals surface area contributed by atoms with Gasteiger partial charge in [0.1, 0.15) is 0 Å². The van der Waals surface area contributed by atoms with Crippen LogP contribution >= 0.6 is 11.8 Å². The fraction of sp³-hybridized carbons (Fsp3) is 0.909. The number of carbonyl (C=O) groups is 1. The maximum Gasteiger partial charge on any atom is 0.224 e. The van der Waals surface area contributed by atoms with Gasteiger partial charge in [-0.25, -0.2) is 0 Å². The lowest BCUT2D eigenvalue weighted by Gasteiger charge is -2.17. The minimum Gasteiger partial charge on any atom is -0.356 e. The minimum absolute atomic E-state index is 0.0616. The van der Waals surface area contributed by atoms with Crippen molar-refractivity contribution < 1.29 is 4.79 Å². The molecule has 0 heterocycles. The van der Waals surface area contributed by atoms with Gasteiger partial charge in [0.05, 0.1) is 5.92 Å². The van der Waals surface area contributed by atoms with E-state index in [9.17, 15) is 4.79 Å². The van der Waals surface area contributed by atoms with E-state index >= 15 is 0 Å². The Hall–Kier alpha value is -0.220. The fourth-order valence-electron chi connectivity index (χ4n) is 2.06. The molecule has 3 atom stereocenters. The molecule has 1 rings (SSSR count). The van der Waals surface area contributed by atoms with Crippen molar-refractivity contribution >= 4 is 17.7 Å². The molecule has 88 valence electrons. The van der Waals surface area contributed by atoms with Gasteiger partial charge in [-0.2, -0.15) is 11.8 Å².